The molecule has 8 heteroatoms. The molecule has 2 heterocycles. The molecule has 0 radical (unpaired) electrons. The van der Waals surface area contributed by atoms with Crippen LogP contribution in [0.1, 0.15) is 16.8 Å². The second kappa shape index (κ2) is 6.14. The van der Waals surface area contributed by atoms with Gasteiger partial charge in [-0.2, -0.15) is 17.9 Å². The summed E-state index contributed by atoms with van der Waals surface area (Å²) in [4.78, 5) is 16.7. The van der Waals surface area contributed by atoms with Gasteiger partial charge in [0.25, 0.3) is 5.56 Å². The fourth-order valence-electron chi connectivity index (χ4n) is 2.71. The summed E-state index contributed by atoms with van der Waals surface area (Å²) in [6.07, 6.45) is -4.20. The van der Waals surface area contributed by atoms with Crippen LogP contribution in [0.4, 0.5) is 13.2 Å². The molecule has 0 aliphatic carbocycles. The van der Waals surface area contributed by atoms with Crippen LogP contribution in [-0.2, 0) is 12.6 Å². The lowest BCUT2D eigenvalue weighted by Gasteiger charge is -2.08. The van der Waals surface area contributed by atoms with E-state index in [1.807, 2.05) is 24.3 Å². The van der Waals surface area contributed by atoms with Gasteiger partial charge in [0.15, 0.2) is 0 Å². The van der Waals surface area contributed by atoms with Gasteiger partial charge in [-0.3, -0.25) is 9.89 Å². The van der Waals surface area contributed by atoms with E-state index < -0.39 is 11.7 Å². The van der Waals surface area contributed by atoms with Crippen molar-refractivity contribution in [2.75, 3.05) is 0 Å². The number of nitrogens with one attached hydrogen (secondary N) is 1. The third kappa shape index (κ3) is 3.15. The van der Waals surface area contributed by atoms with Crippen molar-refractivity contribution < 1.29 is 13.2 Å². The molecule has 0 spiro atoms. The monoisotopic (exact) mass is 375 g/mol. The highest BCUT2D eigenvalue weighted by molar-refractivity contribution is 7.20. The van der Waals surface area contributed by atoms with E-state index in [1.54, 1.807) is 6.07 Å². The van der Waals surface area contributed by atoms with Gasteiger partial charge in [0.05, 0.1) is 15.8 Å². The van der Waals surface area contributed by atoms with Crippen LogP contribution < -0.4 is 5.56 Å². The van der Waals surface area contributed by atoms with Crippen LogP contribution in [0, 0.1) is 0 Å². The van der Waals surface area contributed by atoms with Gasteiger partial charge in [-0.05, 0) is 23.8 Å². The molecule has 0 bridgehead atoms. The number of aromatic nitrogens is 3. The van der Waals surface area contributed by atoms with E-state index in [1.165, 1.54) is 28.2 Å². The molecule has 0 amide bonds. The zero-order valence-electron chi connectivity index (χ0n) is 13.2. The summed E-state index contributed by atoms with van der Waals surface area (Å²) < 4.78 is 40.7. The first kappa shape index (κ1) is 16.6. The Morgan fingerprint density at radius 2 is 1.88 bits per heavy atom. The lowest BCUT2D eigenvalue weighted by molar-refractivity contribution is -0.137. The summed E-state index contributed by atoms with van der Waals surface area (Å²) >= 11 is 1.36. The van der Waals surface area contributed by atoms with Crippen molar-refractivity contribution in [1.29, 1.82) is 0 Å². The summed E-state index contributed by atoms with van der Waals surface area (Å²) in [5.74, 6) is 0. The van der Waals surface area contributed by atoms with Gasteiger partial charge < -0.3 is 0 Å². The third-order valence-electron chi connectivity index (χ3n) is 3.90. The minimum Gasteiger partial charge on any atom is -0.293 e. The minimum atomic E-state index is -4.39. The van der Waals surface area contributed by atoms with E-state index in [9.17, 15) is 18.0 Å². The molecular formula is C18H12F3N3OS. The number of alkyl halides is 3. The van der Waals surface area contributed by atoms with Crippen LogP contribution >= 0.6 is 11.3 Å². The van der Waals surface area contributed by atoms with Crippen LogP contribution in [0.3, 0.4) is 0 Å². The molecule has 0 saturated carbocycles. The van der Waals surface area contributed by atoms with E-state index in [4.69, 9.17) is 0 Å². The van der Waals surface area contributed by atoms with Crippen molar-refractivity contribution in [3.63, 3.8) is 0 Å². The zero-order valence-corrected chi connectivity index (χ0v) is 14.1. The molecule has 2 aromatic heterocycles. The molecule has 132 valence electrons. The molecule has 0 aliphatic heterocycles. The molecular weight excluding hydrogens is 363 g/mol. The van der Waals surface area contributed by atoms with Crippen molar-refractivity contribution in [2.24, 2.45) is 0 Å². The number of thiazole rings is 1. The first-order valence-corrected chi connectivity index (χ1v) is 8.55. The third-order valence-corrected chi connectivity index (χ3v) is 4.92. The van der Waals surface area contributed by atoms with Crippen molar-refractivity contribution >= 4 is 21.6 Å². The lowest BCUT2D eigenvalue weighted by atomic mass is 10.1. The number of nitrogens with zero attached hydrogens (tertiary/aromatic N) is 2. The van der Waals surface area contributed by atoms with Crippen LogP contribution in [0.5, 0.6) is 0 Å². The topological polar surface area (TPSA) is 50.7 Å². The fraction of sp³-hybridized carbons (Fsp3) is 0.111. The van der Waals surface area contributed by atoms with E-state index in [0.717, 1.165) is 22.3 Å². The maximum Gasteiger partial charge on any atom is 0.416 e. The minimum absolute atomic E-state index is 0.192. The largest absolute Gasteiger partial charge is 0.416 e. The Kier molecular flexibility index (Phi) is 3.91. The van der Waals surface area contributed by atoms with E-state index in [2.05, 4.69) is 10.1 Å². The van der Waals surface area contributed by atoms with Crippen molar-refractivity contribution in [1.82, 2.24) is 14.8 Å². The Bertz CT molecular complexity index is 1110. The molecule has 2 aromatic carbocycles. The van der Waals surface area contributed by atoms with Crippen molar-refractivity contribution in [3.05, 3.63) is 81.8 Å². The molecule has 26 heavy (non-hydrogen) atoms. The fourth-order valence-corrected chi connectivity index (χ4v) is 3.64. The standard InChI is InChI=1S/C18H12F3N3OS/c19-18(20,21)12-5-3-4-11(8-12)9-13-10-16(25)24(23-13)17-22-14-6-1-2-7-15(14)26-17/h1-8,10,23H,9H2. The van der Waals surface area contributed by atoms with Crippen molar-refractivity contribution in [2.45, 2.75) is 12.6 Å². The van der Waals surface area contributed by atoms with Gasteiger partial charge >= 0.3 is 6.18 Å². The summed E-state index contributed by atoms with van der Waals surface area (Å²) in [6, 6.07) is 14.0. The lowest BCUT2D eigenvalue weighted by Crippen LogP contribution is -2.12. The number of hydrogen-bond donors (Lipinski definition) is 1. The Balaban J connectivity index is 1.66. The number of para-hydroxylation sites is 1. The SMILES string of the molecule is O=c1cc(Cc2cccc(C(F)(F)F)c2)[nH]n1-c1nc2ccccc2s1. The number of H-pyrrole nitrogens is 1. The number of benzene rings is 2. The Morgan fingerprint density at radius 1 is 1.08 bits per heavy atom. The predicted octanol–water partition coefficient (Wildman–Crippen LogP) is 4.38. The number of aromatic amines is 1. The van der Waals surface area contributed by atoms with Gasteiger partial charge in [0.2, 0.25) is 5.13 Å². The average molecular weight is 375 g/mol. The molecule has 0 aliphatic rings. The van der Waals surface area contributed by atoms with Gasteiger partial charge in [-0.15, -0.1) is 0 Å². The Hall–Kier alpha value is -2.87. The number of rotatable bonds is 3. The smallest absolute Gasteiger partial charge is 0.293 e. The Labute approximate surface area is 149 Å². The second-order valence-corrected chi connectivity index (χ2v) is 6.80. The van der Waals surface area contributed by atoms with Gasteiger partial charge in [0.1, 0.15) is 0 Å². The molecule has 0 atom stereocenters. The van der Waals surface area contributed by atoms with E-state index in [0.29, 0.717) is 16.4 Å². The molecule has 0 unspecified atom stereocenters. The van der Waals surface area contributed by atoms with Gasteiger partial charge in [0, 0.05) is 18.2 Å². The highest BCUT2D eigenvalue weighted by Gasteiger charge is 2.30. The molecule has 4 aromatic rings. The first-order valence-electron chi connectivity index (χ1n) is 7.73. The van der Waals surface area contributed by atoms with E-state index in [-0.39, 0.29) is 12.0 Å². The highest BCUT2D eigenvalue weighted by atomic mass is 32.1. The normalized spacial score (nSPS) is 12.0. The maximum atomic E-state index is 12.8. The number of halogens is 3. The van der Waals surface area contributed by atoms with Crippen LogP contribution in [0.15, 0.2) is 59.4 Å². The highest BCUT2D eigenvalue weighted by Crippen LogP contribution is 2.30. The van der Waals surface area contributed by atoms with Crippen LogP contribution in [-0.4, -0.2) is 14.8 Å². The molecule has 0 fully saturated rings. The summed E-state index contributed by atoms with van der Waals surface area (Å²) in [7, 11) is 0. The van der Waals surface area contributed by atoms with Crippen molar-refractivity contribution in [3.8, 4) is 5.13 Å². The predicted molar refractivity (Wildman–Crippen MR) is 93.8 cm³/mol. The zero-order chi connectivity index (χ0) is 18.3. The first-order chi connectivity index (χ1) is 12.4. The second-order valence-electron chi connectivity index (χ2n) is 5.79. The Morgan fingerprint density at radius 3 is 2.65 bits per heavy atom. The summed E-state index contributed by atoms with van der Waals surface area (Å²) in [5, 5.41) is 3.43. The molecule has 4 nitrogen and oxygen atoms in total. The summed E-state index contributed by atoms with van der Waals surface area (Å²) in [6.45, 7) is 0. The number of fused-ring (bicyclic) bond motifs is 1. The quantitative estimate of drug-likeness (QED) is 0.578. The molecule has 1 N–H and O–H groups in total. The van der Waals surface area contributed by atoms with E-state index >= 15 is 0 Å². The number of hydrogen-bond acceptors (Lipinski definition) is 3. The average Bonchev–Trinajstić information content (AvgIpc) is 3.17. The summed E-state index contributed by atoms with van der Waals surface area (Å²) in [5.41, 5.74) is 0.772. The molecule has 0 saturated heterocycles. The van der Waals surface area contributed by atoms with Crippen LogP contribution in [0.2, 0.25) is 0 Å². The van der Waals surface area contributed by atoms with Gasteiger partial charge in [-0.1, -0.05) is 41.7 Å². The molecule has 4 rings (SSSR count). The van der Waals surface area contributed by atoms with Gasteiger partial charge in [-0.25, -0.2) is 4.98 Å². The maximum absolute atomic E-state index is 12.8. The van der Waals surface area contributed by atoms with Crippen LogP contribution in [0.25, 0.3) is 15.3 Å².